The van der Waals surface area contributed by atoms with Crippen molar-refractivity contribution in [2.75, 3.05) is 19.9 Å². The average Bonchev–Trinajstić information content (AvgIpc) is 2.42. The van der Waals surface area contributed by atoms with Crippen LogP contribution in [0.25, 0.3) is 0 Å². The first kappa shape index (κ1) is 17.9. The molecule has 0 saturated carbocycles. The fourth-order valence-electron chi connectivity index (χ4n) is 1.50. The molecule has 1 rings (SSSR count). The van der Waals surface area contributed by atoms with E-state index in [0.717, 1.165) is 19.4 Å². The van der Waals surface area contributed by atoms with Crippen LogP contribution in [0.2, 0.25) is 0 Å². The van der Waals surface area contributed by atoms with Crippen LogP contribution in [0, 0.1) is 5.82 Å². The Balaban J connectivity index is 2.95. The van der Waals surface area contributed by atoms with Crippen molar-refractivity contribution >= 4 is 22.2 Å². The van der Waals surface area contributed by atoms with Crippen LogP contribution < -0.4 is 11.1 Å². The monoisotopic (exact) mass is 333 g/mol. The Labute approximate surface area is 127 Å². The van der Waals surface area contributed by atoms with Gasteiger partial charge in [-0.15, -0.1) is 0 Å². The van der Waals surface area contributed by atoms with Crippen molar-refractivity contribution in [3.05, 3.63) is 35.6 Å². The molecule has 1 aromatic rings. The number of ether oxygens (including phenoxy) is 1. The highest BCUT2D eigenvalue weighted by Crippen LogP contribution is 2.22. The molecule has 0 heterocycles. The molecule has 0 radical (unpaired) electrons. The van der Waals surface area contributed by atoms with E-state index in [1.54, 1.807) is 0 Å². The number of amides is 1. The van der Waals surface area contributed by atoms with Gasteiger partial charge in [-0.3, -0.25) is 9.50 Å². The third-order valence-electron chi connectivity index (χ3n) is 2.39. The molecular weight excluding hydrogens is 317 g/mol. The first-order valence-electron chi connectivity index (χ1n) is 6.00. The molecule has 122 valence electrons. The summed E-state index contributed by atoms with van der Waals surface area (Å²) >= 11 is 0. The number of hydrogen-bond acceptors (Lipinski definition) is 6. The van der Waals surface area contributed by atoms with Crippen LogP contribution in [-0.2, 0) is 19.0 Å². The maximum absolute atomic E-state index is 13.8. The minimum Gasteiger partial charge on any atom is -0.453 e. The lowest BCUT2D eigenvalue weighted by atomic mass is 10.1. The summed E-state index contributed by atoms with van der Waals surface area (Å²) < 4.78 is 45.4. The SMILES string of the molecule is COC(=O)NC(N)=NCC(OS(C)(=O)=O)c1ccccc1F. The second-order valence-electron chi connectivity index (χ2n) is 4.15. The molecule has 0 bridgehead atoms. The van der Waals surface area contributed by atoms with Gasteiger partial charge < -0.3 is 10.5 Å². The summed E-state index contributed by atoms with van der Waals surface area (Å²) in [6.07, 6.45) is -1.22. The van der Waals surface area contributed by atoms with Gasteiger partial charge in [0.15, 0.2) is 5.96 Å². The van der Waals surface area contributed by atoms with E-state index in [1.165, 1.54) is 18.2 Å². The zero-order valence-corrected chi connectivity index (χ0v) is 12.8. The highest BCUT2D eigenvalue weighted by Gasteiger charge is 2.21. The van der Waals surface area contributed by atoms with E-state index >= 15 is 0 Å². The Morgan fingerprint density at radius 1 is 1.45 bits per heavy atom. The second kappa shape index (κ2) is 7.71. The van der Waals surface area contributed by atoms with Crippen molar-refractivity contribution in [3.8, 4) is 0 Å². The Kier molecular flexibility index (Phi) is 6.25. The largest absolute Gasteiger partial charge is 0.453 e. The maximum Gasteiger partial charge on any atom is 0.413 e. The summed E-state index contributed by atoms with van der Waals surface area (Å²) in [5, 5.41) is 2.08. The fourth-order valence-corrected chi connectivity index (χ4v) is 2.09. The van der Waals surface area contributed by atoms with Crippen LogP contribution in [0.15, 0.2) is 29.3 Å². The number of methoxy groups -OCH3 is 1. The lowest BCUT2D eigenvalue weighted by Gasteiger charge is -2.15. The van der Waals surface area contributed by atoms with Gasteiger partial charge in [-0.2, -0.15) is 8.42 Å². The normalized spacial score (nSPS) is 13.5. The summed E-state index contributed by atoms with van der Waals surface area (Å²) in [6, 6.07) is 5.50. The molecule has 8 nitrogen and oxygen atoms in total. The van der Waals surface area contributed by atoms with Crippen molar-refractivity contribution in [3.63, 3.8) is 0 Å². The quantitative estimate of drug-likeness (QED) is 0.460. The van der Waals surface area contributed by atoms with Crippen molar-refractivity contribution < 1.29 is 26.5 Å². The van der Waals surface area contributed by atoms with Gasteiger partial charge in [-0.1, -0.05) is 18.2 Å². The summed E-state index contributed by atoms with van der Waals surface area (Å²) in [5.41, 5.74) is 5.42. The van der Waals surface area contributed by atoms with Crippen LogP contribution in [-0.4, -0.2) is 40.4 Å². The van der Waals surface area contributed by atoms with Crippen LogP contribution in [0.1, 0.15) is 11.7 Å². The molecule has 0 aliphatic heterocycles. The van der Waals surface area contributed by atoms with Gasteiger partial charge >= 0.3 is 6.09 Å². The summed E-state index contributed by atoms with van der Waals surface area (Å²) in [7, 11) is -2.72. The lowest BCUT2D eigenvalue weighted by Crippen LogP contribution is -2.37. The van der Waals surface area contributed by atoms with Crippen molar-refractivity contribution in [1.29, 1.82) is 0 Å². The van der Waals surface area contributed by atoms with Crippen molar-refractivity contribution in [2.45, 2.75) is 6.10 Å². The predicted molar refractivity (Wildman–Crippen MR) is 77.1 cm³/mol. The predicted octanol–water partition coefficient (Wildman–Crippen LogP) is 0.514. The van der Waals surface area contributed by atoms with Gasteiger partial charge in [0, 0.05) is 5.56 Å². The summed E-state index contributed by atoms with van der Waals surface area (Å²) in [5.74, 6) is -0.962. The number of alkyl carbamates (subject to hydrolysis) is 1. The lowest BCUT2D eigenvalue weighted by molar-refractivity contribution is 0.176. The zero-order valence-electron chi connectivity index (χ0n) is 11.9. The molecule has 22 heavy (non-hydrogen) atoms. The molecule has 3 N–H and O–H groups in total. The Morgan fingerprint density at radius 2 is 2.09 bits per heavy atom. The number of carbonyl (C=O) groups is 1. The second-order valence-corrected chi connectivity index (χ2v) is 5.75. The van der Waals surface area contributed by atoms with E-state index in [4.69, 9.17) is 9.92 Å². The van der Waals surface area contributed by atoms with Gasteiger partial charge in [-0.05, 0) is 6.07 Å². The fraction of sp³-hybridized carbons (Fsp3) is 0.333. The van der Waals surface area contributed by atoms with Crippen LogP contribution in [0.4, 0.5) is 9.18 Å². The van der Waals surface area contributed by atoms with Crippen molar-refractivity contribution in [1.82, 2.24) is 5.32 Å². The number of rotatable bonds is 5. The molecule has 0 saturated heterocycles. The number of nitrogens with two attached hydrogens (primary N) is 1. The number of nitrogens with one attached hydrogen (secondary N) is 1. The number of benzene rings is 1. The molecule has 0 aliphatic carbocycles. The number of guanidine groups is 1. The number of hydrogen-bond donors (Lipinski definition) is 2. The highest BCUT2D eigenvalue weighted by atomic mass is 32.2. The van der Waals surface area contributed by atoms with Gasteiger partial charge in [-0.25, -0.2) is 14.2 Å². The van der Waals surface area contributed by atoms with E-state index in [2.05, 4.69) is 15.0 Å². The Morgan fingerprint density at radius 3 is 2.64 bits per heavy atom. The van der Waals surface area contributed by atoms with Gasteiger partial charge in [0.05, 0.1) is 19.9 Å². The highest BCUT2D eigenvalue weighted by molar-refractivity contribution is 7.86. The maximum atomic E-state index is 13.8. The van der Waals surface area contributed by atoms with Crippen LogP contribution in [0.5, 0.6) is 0 Å². The Hall–Kier alpha value is -2.20. The van der Waals surface area contributed by atoms with Crippen molar-refractivity contribution in [2.24, 2.45) is 10.7 Å². The number of nitrogens with zero attached hydrogens (tertiary/aromatic N) is 1. The first-order chi connectivity index (χ1) is 10.2. The van der Waals surface area contributed by atoms with E-state index in [1.807, 2.05) is 0 Å². The van der Waals surface area contributed by atoms with Gasteiger partial charge in [0.2, 0.25) is 0 Å². The minimum atomic E-state index is -3.85. The molecule has 0 aliphatic rings. The third kappa shape index (κ3) is 6.06. The smallest absolute Gasteiger partial charge is 0.413 e. The molecule has 0 spiro atoms. The first-order valence-corrected chi connectivity index (χ1v) is 7.82. The molecule has 1 aromatic carbocycles. The zero-order chi connectivity index (χ0) is 16.8. The Bertz CT molecular complexity index is 662. The summed E-state index contributed by atoms with van der Waals surface area (Å²) in [6.45, 7) is -0.316. The molecule has 1 unspecified atom stereocenters. The molecule has 1 amide bonds. The molecule has 1 atom stereocenters. The van der Waals surface area contributed by atoms with Gasteiger partial charge in [0.25, 0.3) is 10.1 Å². The van der Waals surface area contributed by atoms with E-state index in [-0.39, 0.29) is 18.1 Å². The van der Waals surface area contributed by atoms with Crippen LogP contribution >= 0.6 is 0 Å². The standard InChI is InChI=1S/C12H16FN3O5S/c1-20-12(17)16-11(14)15-7-10(21-22(2,18)19)8-5-3-4-6-9(8)13/h3-6,10H,7H2,1-2H3,(H3,14,15,16,17). The number of carbonyl (C=O) groups excluding carboxylic acids is 1. The molecule has 0 fully saturated rings. The van der Waals surface area contributed by atoms with E-state index in [0.29, 0.717) is 0 Å². The van der Waals surface area contributed by atoms with E-state index in [9.17, 15) is 17.6 Å². The topological polar surface area (TPSA) is 120 Å². The van der Waals surface area contributed by atoms with Crippen LogP contribution in [0.3, 0.4) is 0 Å². The number of halogens is 1. The van der Waals surface area contributed by atoms with E-state index < -0.39 is 28.1 Å². The minimum absolute atomic E-state index is 0.00235. The number of aliphatic imine (C=N–C) groups is 1. The summed E-state index contributed by atoms with van der Waals surface area (Å²) in [4.78, 5) is 14.7. The average molecular weight is 333 g/mol. The molecule has 0 aromatic heterocycles. The third-order valence-corrected chi connectivity index (χ3v) is 2.97. The molecular formula is C12H16FN3O5S. The molecule has 10 heteroatoms. The van der Waals surface area contributed by atoms with Gasteiger partial charge in [0.1, 0.15) is 11.9 Å².